The Morgan fingerprint density at radius 1 is 1.47 bits per heavy atom. The van der Waals surface area contributed by atoms with Crippen LogP contribution >= 0.6 is 0 Å². The Kier molecular flexibility index (Phi) is 4.64. The van der Waals surface area contributed by atoms with Crippen LogP contribution in [0.3, 0.4) is 0 Å². The van der Waals surface area contributed by atoms with Gasteiger partial charge in [0.25, 0.3) is 0 Å². The van der Waals surface area contributed by atoms with E-state index in [0.29, 0.717) is 0 Å². The number of nitrogens with zero attached hydrogens (tertiary/aromatic N) is 1. The van der Waals surface area contributed by atoms with Gasteiger partial charge in [-0.25, -0.2) is 13.1 Å². The maximum absolute atomic E-state index is 11.6. The van der Waals surface area contributed by atoms with E-state index in [9.17, 15) is 13.2 Å². The highest BCUT2D eigenvalue weighted by Crippen LogP contribution is 2.02. The molecule has 1 amide bonds. The lowest BCUT2D eigenvalue weighted by molar-refractivity contribution is -0.123. The van der Waals surface area contributed by atoms with Crippen molar-refractivity contribution in [3.63, 3.8) is 0 Å². The molecule has 0 aliphatic heterocycles. The van der Waals surface area contributed by atoms with Gasteiger partial charge in [-0.2, -0.15) is 5.10 Å². The highest BCUT2D eigenvalue weighted by molar-refractivity contribution is 7.89. The van der Waals surface area contributed by atoms with E-state index >= 15 is 0 Å². The number of sulfonamides is 1. The van der Waals surface area contributed by atoms with Crippen molar-refractivity contribution in [3.8, 4) is 0 Å². The van der Waals surface area contributed by atoms with Gasteiger partial charge >= 0.3 is 0 Å². The van der Waals surface area contributed by atoms with Gasteiger partial charge in [-0.1, -0.05) is 13.8 Å². The first-order chi connectivity index (χ1) is 7.93. The van der Waals surface area contributed by atoms with Gasteiger partial charge in [0.05, 0.1) is 6.20 Å². The van der Waals surface area contributed by atoms with Crippen LogP contribution in [0.4, 0.5) is 0 Å². The third kappa shape index (κ3) is 4.16. The van der Waals surface area contributed by atoms with Gasteiger partial charge in [-0.15, -0.1) is 0 Å². The molecule has 1 rings (SSSR count). The summed E-state index contributed by atoms with van der Waals surface area (Å²) in [7, 11) is -3.53. The van der Waals surface area contributed by atoms with E-state index in [4.69, 9.17) is 0 Å². The van der Waals surface area contributed by atoms with E-state index in [2.05, 4.69) is 20.2 Å². The second kappa shape index (κ2) is 5.78. The molecule has 1 aromatic heterocycles. The quantitative estimate of drug-likeness (QED) is 0.597. The Morgan fingerprint density at radius 2 is 2.18 bits per heavy atom. The first-order valence-electron chi connectivity index (χ1n) is 5.19. The minimum atomic E-state index is -3.53. The third-order valence-electron chi connectivity index (χ3n) is 2.02. The minimum absolute atomic E-state index is 0.0766. The molecule has 0 atom stereocenters. The molecule has 1 heterocycles. The topological polar surface area (TPSA) is 104 Å². The summed E-state index contributed by atoms with van der Waals surface area (Å²) < 4.78 is 25.5. The Hall–Kier alpha value is -1.41. The Bertz CT molecular complexity index is 453. The molecule has 0 fully saturated rings. The van der Waals surface area contributed by atoms with Gasteiger partial charge in [0.2, 0.25) is 15.9 Å². The smallest absolute Gasteiger partial charge is 0.243 e. The summed E-state index contributed by atoms with van der Waals surface area (Å²) in [5, 5.41) is 8.59. The minimum Gasteiger partial charge on any atom is -0.355 e. The van der Waals surface area contributed by atoms with Crippen molar-refractivity contribution in [2.45, 2.75) is 18.7 Å². The van der Waals surface area contributed by atoms with Crippen LogP contribution in [0.5, 0.6) is 0 Å². The summed E-state index contributed by atoms with van der Waals surface area (Å²) in [6.45, 7) is 3.94. The molecule has 1 aromatic rings. The SMILES string of the molecule is CC(C)C(=O)NCCNS(=O)(=O)c1cn[nH]c1. The van der Waals surface area contributed by atoms with E-state index in [1.807, 2.05) is 0 Å². The molecular weight excluding hydrogens is 244 g/mol. The van der Waals surface area contributed by atoms with Crippen molar-refractivity contribution in [3.05, 3.63) is 12.4 Å². The number of aromatic amines is 1. The summed E-state index contributed by atoms with van der Waals surface area (Å²) in [4.78, 5) is 11.3. The van der Waals surface area contributed by atoms with Crippen LogP contribution in [0.15, 0.2) is 17.3 Å². The summed E-state index contributed by atoms with van der Waals surface area (Å²) in [5.41, 5.74) is 0. The van der Waals surface area contributed by atoms with Crippen molar-refractivity contribution in [1.29, 1.82) is 0 Å². The van der Waals surface area contributed by atoms with Gasteiger partial charge in [0.1, 0.15) is 4.90 Å². The molecule has 0 saturated carbocycles. The first-order valence-corrected chi connectivity index (χ1v) is 6.68. The Labute approximate surface area is 100 Å². The monoisotopic (exact) mass is 260 g/mol. The number of amides is 1. The van der Waals surface area contributed by atoms with Gasteiger partial charge in [-0.05, 0) is 0 Å². The number of carbonyl (C=O) groups excluding carboxylic acids is 1. The van der Waals surface area contributed by atoms with Crippen molar-refractivity contribution in [2.24, 2.45) is 5.92 Å². The molecule has 8 heteroatoms. The lowest BCUT2D eigenvalue weighted by atomic mass is 10.2. The van der Waals surface area contributed by atoms with Crippen LogP contribution in [0.25, 0.3) is 0 Å². The molecule has 0 radical (unpaired) electrons. The van der Waals surface area contributed by atoms with E-state index in [-0.39, 0.29) is 29.8 Å². The number of hydrogen-bond acceptors (Lipinski definition) is 4. The summed E-state index contributed by atoms with van der Waals surface area (Å²) in [6, 6.07) is 0. The molecule has 0 unspecified atom stereocenters. The average Bonchev–Trinajstić information content (AvgIpc) is 2.77. The zero-order valence-electron chi connectivity index (χ0n) is 9.73. The van der Waals surface area contributed by atoms with Crippen LogP contribution in [-0.4, -0.2) is 37.6 Å². The Balaban J connectivity index is 2.35. The fourth-order valence-corrected chi connectivity index (χ4v) is 1.98. The highest BCUT2D eigenvalue weighted by atomic mass is 32.2. The van der Waals surface area contributed by atoms with E-state index in [1.165, 1.54) is 12.4 Å². The number of hydrogen-bond donors (Lipinski definition) is 3. The van der Waals surface area contributed by atoms with Gasteiger partial charge < -0.3 is 5.32 Å². The zero-order valence-corrected chi connectivity index (χ0v) is 10.5. The van der Waals surface area contributed by atoms with Crippen LogP contribution in [0, 0.1) is 5.92 Å². The first kappa shape index (κ1) is 13.7. The van der Waals surface area contributed by atoms with Crippen molar-refractivity contribution in [2.75, 3.05) is 13.1 Å². The molecule has 96 valence electrons. The van der Waals surface area contributed by atoms with Crippen molar-refractivity contribution >= 4 is 15.9 Å². The second-order valence-corrected chi connectivity index (χ2v) is 5.54. The van der Waals surface area contributed by atoms with Crippen LogP contribution in [-0.2, 0) is 14.8 Å². The second-order valence-electron chi connectivity index (χ2n) is 3.78. The van der Waals surface area contributed by atoms with Crippen LogP contribution in [0.2, 0.25) is 0 Å². The van der Waals surface area contributed by atoms with E-state index in [0.717, 1.165) is 0 Å². The molecular formula is C9H16N4O3S. The Morgan fingerprint density at radius 3 is 2.71 bits per heavy atom. The normalized spacial score (nSPS) is 11.7. The summed E-state index contributed by atoms with van der Waals surface area (Å²) in [6.07, 6.45) is 2.50. The fraction of sp³-hybridized carbons (Fsp3) is 0.556. The van der Waals surface area contributed by atoms with Crippen molar-refractivity contribution < 1.29 is 13.2 Å². The number of rotatable bonds is 6. The van der Waals surface area contributed by atoms with Gasteiger partial charge in [0, 0.05) is 25.2 Å². The molecule has 0 spiro atoms. The lowest BCUT2D eigenvalue weighted by Gasteiger charge is -2.08. The van der Waals surface area contributed by atoms with E-state index < -0.39 is 10.0 Å². The maximum Gasteiger partial charge on any atom is 0.243 e. The van der Waals surface area contributed by atoms with Gasteiger partial charge in [-0.3, -0.25) is 9.89 Å². The van der Waals surface area contributed by atoms with Crippen molar-refractivity contribution in [1.82, 2.24) is 20.2 Å². The zero-order chi connectivity index (χ0) is 12.9. The van der Waals surface area contributed by atoms with E-state index in [1.54, 1.807) is 13.8 Å². The maximum atomic E-state index is 11.6. The lowest BCUT2D eigenvalue weighted by Crippen LogP contribution is -2.36. The third-order valence-corrected chi connectivity index (χ3v) is 3.45. The molecule has 7 nitrogen and oxygen atoms in total. The van der Waals surface area contributed by atoms with Crippen LogP contribution < -0.4 is 10.0 Å². The summed E-state index contributed by atoms with van der Waals surface area (Å²) in [5.74, 6) is -0.215. The number of aromatic nitrogens is 2. The standard InChI is InChI=1S/C9H16N4O3S/c1-7(2)9(14)10-3-4-13-17(15,16)8-5-11-12-6-8/h5-7,13H,3-4H2,1-2H3,(H,10,14)(H,11,12). The molecule has 0 aromatic carbocycles. The predicted octanol–water partition coefficient (Wildman–Crippen LogP) is -0.540. The summed E-state index contributed by atoms with van der Waals surface area (Å²) >= 11 is 0. The fourth-order valence-electron chi connectivity index (χ4n) is 1.04. The average molecular weight is 260 g/mol. The predicted molar refractivity (Wildman–Crippen MR) is 61.6 cm³/mol. The molecule has 0 aliphatic carbocycles. The van der Waals surface area contributed by atoms with Crippen LogP contribution in [0.1, 0.15) is 13.8 Å². The number of nitrogens with one attached hydrogen (secondary N) is 3. The molecule has 0 bridgehead atoms. The number of carbonyl (C=O) groups is 1. The molecule has 17 heavy (non-hydrogen) atoms. The largest absolute Gasteiger partial charge is 0.355 e. The highest BCUT2D eigenvalue weighted by Gasteiger charge is 2.14. The number of H-pyrrole nitrogens is 1. The molecule has 3 N–H and O–H groups in total. The molecule has 0 saturated heterocycles. The van der Waals surface area contributed by atoms with Gasteiger partial charge in [0.15, 0.2) is 0 Å². The molecule has 0 aliphatic rings.